The van der Waals surface area contributed by atoms with Crippen molar-refractivity contribution >= 4 is 52.1 Å². The van der Waals surface area contributed by atoms with Crippen LogP contribution in [-0.2, 0) is 0 Å². The summed E-state index contributed by atoms with van der Waals surface area (Å²) in [6, 6.07) is 8.17. The van der Waals surface area contributed by atoms with Gasteiger partial charge in [0.1, 0.15) is 11.5 Å². The van der Waals surface area contributed by atoms with Crippen LogP contribution < -0.4 is 15.4 Å². The van der Waals surface area contributed by atoms with Crippen molar-refractivity contribution in [1.29, 1.82) is 0 Å². The first-order valence-electron chi connectivity index (χ1n) is 8.25. The quantitative estimate of drug-likeness (QED) is 0.444. The Morgan fingerprint density at radius 1 is 1.30 bits per heavy atom. The maximum absolute atomic E-state index is 12.5. The van der Waals surface area contributed by atoms with Crippen molar-refractivity contribution in [3.8, 4) is 11.5 Å². The predicted octanol–water partition coefficient (Wildman–Crippen LogP) is 5.35. The number of nitrogens with one attached hydrogen (secondary N) is 2. The van der Waals surface area contributed by atoms with E-state index in [4.69, 9.17) is 40.2 Å². The minimum atomic E-state index is -0.536. The maximum atomic E-state index is 12.5. The lowest BCUT2D eigenvalue weighted by Crippen LogP contribution is -2.34. The molecule has 0 unspecified atom stereocenters. The Bertz CT molecular complexity index is 874. The molecule has 5 nitrogen and oxygen atoms in total. The molecule has 0 spiro atoms. The number of phenolic OH excluding ortho intramolecular Hbond substituents is 1. The second kappa shape index (κ2) is 9.26. The number of carbonyl (C=O) groups excluding carboxylic acids is 1. The van der Waals surface area contributed by atoms with Crippen molar-refractivity contribution in [2.24, 2.45) is 0 Å². The van der Waals surface area contributed by atoms with Gasteiger partial charge in [-0.15, -0.1) is 0 Å². The summed E-state index contributed by atoms with van der Waals surface area (Å²) < 4.78 is 5.17. The molecule has 0 aliphatic rings. The summed E-state index contributed by atoms with van der Waals surface area (Å²) in [4.78, 5) is 12.5. The van der Waals surface area contributed by atoms with Crippen LogP contribution in [0, 0.1) is 0 Å². The molecule has 2 rings (SSSR count). The van der Waals surface area contributed by atoms with Gasteiger partial charge < -0.3 is 15.2 Å². The molecule has 0 aliphatic heterocycles. The smallest absolute Gasteiger partial charge is 0.261 e. The topological polar surface area (TPSA) is 70.6 Å². The van der Waals surface area contributed by atoms with Crippen molar-refractivity contribution in [2.75, 3.05) is 12.4 Å². The van der Waals surface area contributed by atoms with Crippen molar-refractivity contribution < 1.29 is 14.6 Å². The van der Waals surface area contributed by atoms with Gasteiger partial charge in [-0.3, -0.25) is 10.1 Å². The van der Waals surface area contributed by atoms with Gasteiger partial charge in [-0.25, -0.2) is 0 Å². The normalized spacial score (nSPS) is 11.6. The van der Waals surface area contributed by atoms with Gasteiger partial charge in [-0.2, -0.15) is 0 Å². The Balaban J connectivity index is 2.18. The molecule has 0 bridgehead atoms. The average Bonchev–Trinajstić information content (AvgIpc) is 2.62. The van der Waals surface area contributed by atoms with Gasteiger partial charge in [-0.1, -0.05) is 43.1 Å². The number of methoxy groups -OCH3 is 1. The van der Waals surface area contributed by atoms with Crippen molar-refractivity contribution in [2.45, 2.75) is 26.2 Å². The summed E-state index contributed by atoms with van der Waals surface area (Å²) >= 11 is 17.2. The molecule has 0 aromatic heterocycles. The number of rotatable bonds is 5. The third-order valence-corrected chi connectivity index (χ3v) is 4.84. The number of carbonyl (C=O) groups is 1. The summed E-state index contributed by atoms with van der Waals surface area (Å²) in [5, 5.41) is 16.0. The fraction of sp³-hybridized carbons (Fsp3) is 0.263. The molecule has 8 heteroatoms. The highest BCUT2D eigenvalue weighted by molar-refractivity contribution is 7.80. The molecule has 0 fully saturated rings. The molecule has 0 saturated carbocycles. The van der Waals surface area contributed by atoms with E-state index >= 15 is 0 Å². The van der Waals surface area contributed by atoms with Gasteiger partial charge in [0.15, 0.2) is 5.11 Å². The fourth-order valence-electron chi connectivity index (χ4n) is 2.46. The zero-order chi connectivity index (χ0) is 20.1. The average molecular weight is 427 g/mol. The molecule has 3 N–H and O–H groups in total. The van der Waals surface area contributed by atoms with E-state index in [1.165, 1.54) is 19.2 Å². The predicted molar refractivity (Wildman–Crippen MR) is 114 cm³/mol. The van der Waals surface area contributed by atoms with E-state index in [1.54, 1.807) is 12.1 Å². The van der Waals surface area contributed by atoms with Crippen LogP contribution in [0.25, 0.3) is 0 Å². The van der Waals surface area contributed by atoms with Gasteiger partial charge in [-0.05, 0) is 54.4 Å². The van der Waals surface area contributed by atoms with Crippen molar-refractivity contribution in [1.82, 2.24) is 5.32 Å². The molecule has 0 radical (unpaired) electrons. The zero-order valence-electron chi connectivity index (χ0n) is 15.1. The van der Waals surface area contributed by atoms with Gasteiger partial charge in [0.05, 0.1) is 23.4 Å². The Labute approximate surface area is 173 Å². The molecule has 0 aliphatic carbocycles. The second-order valence-electron chi connectivity index (χ2n) is 5.96. The number of hydrogen-bond donors (Lipinski definition) is 3. The van der Waals surface area contributed by atoms with Crippen LogP contribution in [0.4, 0.5) is 5.69 Å². The minimum Gasteiger partial charge on any atom is -0.506 e. The van der Waals surface area contributed by atoms with Gasteiger partial charge in [0, 0.05) is 5.02 Å². The number of halogens is 2. The van der Waals surface area contributed by atoms with Crippen LogP contribution >= 0.6 is 35.4 Å². The summed E-state index contributed by atoms with van der Waals surface area (Å²) in [6.07, 6.45) is 0.959. The van der Waals surface area contributed by atoms with Gasteiger partial charge >= 0.3 is 0 Å². The Morgan fingerprint density at radius 2 is 2.00 bits per heavy atom. The van der Waals surface area contributed by atoms with Crippen LogP contribution in [0.15, 0.2) is 30.3 Å². The van der Waals surface area contributed by atoms with E-state index in [2.05, 4.69) is 24.5 Å². The highest BCUT2D eigenvalue weighted by Gasteiger charge is 2.18. The summed E-state index contributed by atoms with van der Waals surface area (Å²) in [5.74, 6) is 0.0171. The summed E-state index contributed by atoms with van der Waals surface area (Å²) in [6.45, 7) is 4.17. The third-order valence-electron chi connectivity index (χ3n) is 4.13. The molecule has 144 valence electrons. The van der Waals surface area contributed by atoms with Gasteiger partial charge in [0.2, 0.25) is 0 Å². The van der Waals surface area contributed by atoms with Crippen LogP contribution in [-0.4, -0.2) is 23.2 Å². The van der Waals surface area contributed by atoms with Gasteiger partial charge in [0.25, 0.3) is 5.91 Å². The van der Waals surface area contributed by atoms with Crippen molar-refractivity contribution in [3.05, 3.63) is 51.5 Å². The lowest BCUT2D eigenvalue weighted by atomic mass is 9.98. The molecule has 1 atom stereocenters. The molecular formula is C19H20Cl2N2O3S. The zero-order valence-corrected chi connectivity index (χ0v) is 17.4. The largest absolute Gasteiger partial charge is 0.506 e. The van der Waals surface area contributed by atoms with Crippen molar-refractivity contribution in [3.63, 3.8) is 0 Å². The van der Waals surface area contributed by atoms with Crippen LogP contribution in [0.5, 0.6) is 11.5 Å². The van der Waals surface area contributed by atoms with Crippen LogP contribution in [0.1, 0.15) is 42.1 Å². The molecule has 1 amide bonds. The number of benzene rings is 2. The number of anilines is 1. The monoisotopic (exact) mass is 426 g/mol. The number of hydrogen-bond acceptors (Lipinski definition) is 4. The second-order valence-corrected chi connectivity index (χ2v) is 7.21. The Kier molecular flexibility index (Phi) is 7.30. The van der Waals surface area contributed by atoms with E-state index in [-0.39, 0.29) is 27.2 Å². The summed E-state index contributed by atoms with van der Waals surface area (Å²) in [5.41, 5.74) is 1.61. The minimum absolute atomic E-state index is 0.0229. The number of ether oxygens (including phenoxy) is 1. The molecular weight excluding hydrogens is 407 g/mol. The van der Waals surface area contributed by atoms with Crippen LogP contribution in [0.3, 0.4) is 0 Å². The molecule has 0 heterocycles. The number of amides is 1. The molecule has 2 aromatic carbocycles. The molecule has 27 heavy (non-hydrogen) atoms. The van der Waals surface area contributed by atoms with E-state index in [0.29, 0.717) is 16.6 Å². The van der Waals surface area contributed by atoms with Crippen LogP contribution in [0.2, 0.25) is 10.0 Å². The highest BCUT2D eigenvalue weighted by atomic mass is 35.5. The highest BCUT2D eigenvalue weighted by Crippen LogP contribution is 2.32. The fourth-order valence-corrected chi connectivity index (χ4v) is 3.23. The van der Waals surface area contributed by atoms with E-state index in [9.17, 15) is 9.90 Å². The number of aromatic hydroxyl groups is 1. The lowest BCUT2D eigenvalue weighted by molar-refractivity contribution is 0.0974. The number of thiocarbonyl (C=S) groups is 1. The third kappa shape index (κ3) is 5.25. The van der Waals surface area contributed by atoms with E-state index < -0.39 is 5.91 Å². The SMILES string of the molecule is CC[C@H](C)c1ccc(O)c(NC(=S)NC(=O)c2cc(Cl)cc(Cl)c2OC)c1. The first-order valence-corrected chi connectivity index (χ1v) is 9.41. The Hall–Kier alpha value is -2.02. The first-order chi connectivity index (χ1) is 12.8. The van der Waals surface area contributed by atoms with E-state index in [0.717, 1.165) is 12.0 Å². The Morgan fingerprint density at radius 3 is 2.63 bits per heavy atom. The standard InChI is InChI=1S/C19H20Cl2N2O3S/c1-4-10(2)11-5-6-16(24)15(7-11)22-19(27)23-18(25)13-8-12(20)9-14(21)17(13)26-3/h5-10,24H,4H2,1-3H3,(H2,22,23,25,27)/t10-/m0/s1. The number of phenols is 1. The molecule has 0 saturated heterocycles. The van der Waals surface area contributed by atoms with E-state index in [1.807, 2.05) is 6.07 Å². The summed E-state index contributed by atoms with van der Waals surface area (Å²) in [7, 11) is 1.40. The maximum Gasteiger partial charge on any atom is 0.261 e. The molecule has 2 aromatic rings. The lowest BCUT2D eigenvalue weighted by Gasteiger charge is -2.15. The first kappa shape index (κ1) is 21.3.